The lowest BCUT2D eigenvalue weighted by atomic mass is 10.0. The predicted molar refractivity (Wildman–Crippen MR) is 160 cm³/mol. The van der Waals surface area contributed by atoms with Crippen LogP contribution in [0.2, 0.25) is 0 Å². The number of hydrogen-bond acceptors (Lipinski definition) is 5. The second-order valence-corrected chi connectivity index (χ2v) is 11.0. The summed E-state index contributed by atoms with van der Waals surface area (Å²) in [5.41, 5.74) is 4.93. The Morgan fingerprint density at radius 3 is 2.40 bits per heavy atom. The standard InChI is InChI=1S/C33H39N3O4/c1-6-8-14-30-35-27-20-19-25(34-31(37)11-7-2)21-28(27)36(30)22-23-15-17-24(18-16-23)26-12-9-10-13-29(26)39-32(38)40-33(3,4)5/h9-10,12-13,15-21H,6-8,11,14,22H2,1-5H3,(H,34,37). The van der Waals surface area contributed by atoms with Crippen molar-refractivity contribution in [2.24, 2.45) is 0 Å². The van der Waals surface area contributed by atoms with Crippen LogP contribution in [-0.4, -0.2) is 27.2 Å². The van der Waals surface area contributed by atoms with Gasteiger partial charge in [0.25, 0.3) is 0 Å². The van der Waals surface area contributed by atoms with Gasteiger partial charge in [-0.05, 0) is 69.0 Å². The van der Waals surface area contributed by atoms with E-state index in [0.29, 0.717) is 18.7 Å². The number of unbranched alkanes of at least 4 members (excludes halogenated alkanes) is 1. The third-order valence-electron chi connectivity index (χ3n) is 6.42. The van der Waals surface area contributed by atoms with Gasteiger partial charge in [0.2, 0.25) is 5.91 Å². The molecule has 0 aliphatic rings. The Hall–Kier alpha value is -4.13. The summed E-state index contributed by atoms with van der Waals surface area (Å²) >= 11 is 0. The van der Waals surface area contributed by atoms with E-state index in [1.165, 1.54) is 0 Å². The average Bonchev–Trinajstić information content (AvgIpc) is 3.23. The van der Waals surface area contributed by atoms with Crippen molar-refractivity contribution in [2.75, 3.05) is 5.32 Å². The van der Waals surface area contributed by atoms with Crippen LogP contribution < -0.4 is 10.1 Å². The van der Waals surface area contributed by atoms with Gasteiger partial charge in [-0.15, -0.1) is 0 Å². The molecule has 7 nitrogen and oxygen atoms in total. The van der Waals surface area contributed by atoms with E-state index < -0.39 is 11.8 Å². The molecule has 0 aliphatic heterocycles. The van der Waals surface area contributed by atoms with Crippen molar-refractivity contribution in [3.8, 4) is 16.9 Å². The molecule has 0 aliphatic carbocycles. The van der Waals surface area contributed by atoms with E-state index in [4.69, 9.17) is 14.5 Å². The van der Waals surface area contributed by atoms with Crippen molar-refractivity contribution < 1.29 is 19.1 Å². The molecule has 40 heavy (non-hydrogen) atoms. The molecular formula is C33H39N3O4. The van der Waals surface area contributed by atoms with E-state index in [0.717, 1.165) is 64.9 Å². The molecule has 7 heteroatoms. The summed E-state index contributed by atoms with van der Waals surface area (Å²) in [7, 11) is 0. The molecule has 1 heterocycles. The van der Waals surface area contributed by atoms with Gasteiger partial charge in [0.1, 0.15) is 17.2 Å². The van der Waals surface area contributed by atoms with Crippen LogP contribution in [-0.2, 0) is 22.5 Å². The molecular weight excluding hydrogens is 502 g/mol. The van der Waals surface area contributed by atoms with Crippen LogP contribution in [0.3, 0.4) is 0 Å². The minimum Gasteiger partial charge on any atom is -0.428 e. The average molecular weight is 542 g/mol. The van der Waals surface area contributed by atoms with Gasteiger partial charge in [-0.1, -0.05) is 62.7 Å². The molecule has 0 saturated carbocycles. The number of anilines is 1. The van der Waals surface area contributed by atoms with E-state index >= 15 is 0 Å². The van der Waals surface area contributed by atoms with E-state index in [2.05, 4.69) is 28.9 Å². The molecule has 0 spiro atoms. The highest BCUT2D eigenvalue weighted by molar-refractivity contribution is 5.93. The summed E-state index contributed by atoms with van der Waals surface area (Å²) in [5.74, 6) is 1.50. The Labute approximate surface area is 236 Å². The largest absolute Gasteiger partial charge is 0.514 e. The van der Waals surface area contributed by atoms with Gasteiger partial charge in [0.15, 0.2) is 0 Å². The summed E-state index contributed by atoms with van der Waals surface area (Å²) in [6.45, 7) is 10.2. The molecule has 0 radical (unpaired) electrons. The SMILES string of the molecule is CCCCc1nc2ccc(NC(=O)CCC)cc2n1Cc1ccc(-c2ccccc2OC(=O)OC(C)(C)C)cc1. The minimum atomic E-state index is -0.728. The second-order valence-electron chi connectivity index (χ2n) is 11.0. The second kappa shape index (κ2) is 12.8. The molecule has 1 N–H and O–H groups in total. The summed E-state index contributed by atoms with van der Waals surface area (Å²) in [6, 6.07) is 21.6. The van der Waals surface area contributed by atoms with E-state index in [1.54, 1.807) is 26.8 Å². The minimum absolute atomic E-state index is 0.0191. The summed E-state index contributed by atoms with van der Waals surface area (Å²) in [6.07, 6.45) is 3.60. The Morgan fingerprint density at radius 2 is 1.70 bits per heavy atom. The Balaban J connectivity index is 1.60. The molecule has 0 fully saturated rings. The molecule has 0 bridgehead atoms. The van der Waals surface area contributed by atoms with Crippen LogP contribution in [0.25, 0.3) is 22.2 Å². The normalized spacial score (nSPS) is 11.4. The van der Waals surface area contributed by atoms with Gasteiger partial charge in [0.05, 0.1) is 11.0 Å². The third-order valence-corrected chi connectivity index (χ3v) is 6.42. The molecule has 0 unspecified atom stereocenters. The van der Waals surface area contributed by atoms with Crippen molar-refractivity contribution in [1.82, 2.24) is 9.55 Å². The number of fused-ring (bicyclic) bond motifs is 1. The number of aryl methyl sites for hydroxylation is 1. The summed E-state index contributed by atoms with van der Waals surface area (Å²) < 4.78 is 13.1. The number of aromatic nitrogens is 2. The number of carbonyl (C=O) groups excluding carboxylic acids is 2. The zero-order chi connectivity index (χ0) is 28.7. The number of rotatable bonds is 10. The Morgan fingerprint density at radius 1 is 0.950 bits per heavy atom. The van der Waals surface area contributed by atoms with Crippen molar-refractivity contribution in [2.45, 2.75) is 78.9 Å². The van der Waals surface area contributed by atoms with Crippen LogP contribution in [0.15, 0.2) is 66.7 Å². The van der Waals surface area contributed by atoms with Crippen LogP contribution in [0.5, 0.6) is 5.75 Å². The first-order valence-corrected chi connectivity index (χ1v) is 14.0. The number of nitrogens with zero attached hydrogens (tertiary/aromatic N) is 2. The number of para-hydroxylation sites is 1. The summed E-state index contributed by atoms with van der Waals surface area (Å²) in [4.78, 5) is 29.4. The predicted octanol–water partition coefficient (Wildman–Crippen LogP) is 8.15. The number of imidazole rings is 1. The molecule has 4 aromatic rings. The van der Waals surface area contributed by atoms with Crippen LogP contribution in [0, 0.1) is 0 Å². The van der Waals surface area contributed by atoms with Gasteiger partial charge < -0.3 is 19.4 Å². The zero-order valence-corrected chi connectivity index (χ0v) is 24.1. The van der Waals surface area contributed by atoms with Crippen LogP contribution >= 0.6 is 0 Å². The number of ether oxygens (including phenoxy) is 2. The van der Waals surface area contributed by atoms with Crippen LogP contribution in [0.1, 0.15) is 71.7 Å². The first kappa shape index (κ1) is 28.9. The Bertz CT molecular complexity index is 1470. The van der Waals surface area contributed by atoms with Gasteiger partial charge >= 0.3 is 6.16 Å². The number of hydrogen-bond donors (Lipinski definition) is 1. The number of nitrogens with one attached hydrogen (secondary N) is 1. The number of amides is 1. The lowest BCUT2D eigenvalue weighted by Gasteiger charge is -2.19. The monoisotopic (exact) mass is 541 g/mol. The molecule has 3 aromatic carbocycles. The van der Waals surface area contributed by atoms with Gasteiger partial charge in [0, 0.05) is 30.6 Å². The molecule has 4 rings (SSSR count). The van der Waals surface area contributed by atoms with Gasteiger partial charge in [-0.2, -0.15) is 0 Å². The molecule has 0 saturated heterocycles. The van der Waals surface area contributed by atoms with Crippen LogP contribution in [0.4, 0.5) is 10.5 Å². The molecule has 1 aromatic heterocycles. The fourth-order valence-electron chi connectivity index (χ4n) is 4.53. The quantitative estimate of drug-likeness (QED) is 0.162. The lowest BCUT2D eigenvalue weighted by Crippen LogP contribution is -2.26. The first-order chi connectivity index (χ1) is 19.2. The maximum Gasteiger partial charge on any atom is 0.514 e. The topological polar surface area (TPSA) is 82.5 Å². The first-order valence-electron chi connectivity index (χ1n) is 14.0. The van der Waals surface area contributed by atoms with Gasteiger partial charge in [-0.3, -0.25) is 4.79 Å². The van der Waals surface area contributed by atoms with Crippen molar-refractivity contribution in [1.29, 1.82) is 0 Å². The van der Waals surface area contributed by atoms with Gasteiger partial charge in [-0.25, -0.2) is 9.78 Å². The molecule has 0 atom stereocenters. The molecule has 1 amide bonds. The van der Waals surface area contributed by atoms with Crippen molar-refractivity contribution in [3.63, 3.8) is 0 Å². The fraction of sp³-hybridized carbons (Fsp3) is 0.364. The number of carbonyl (C=O) groups is 2. The highest BCUT2D eigenvalue weighted by atomic mass is 16.7. The highest BCUT2D eigenvalue weighted by Gasteiger charge is 2.19. The summed E-state index contributed by atoms with van der Waals surface area (Å²) in [5, 5.41) is 3.01. The lowest BCUT2D eigenvalue weighted by molar-refractivity contribution is -0.116. The van der Waals surface area contributed by atoms with Crippen molar-refractivity contribution >= 4 is 28.8 Å². The number of benzene rings is 3. The maximum absolute atomic E-state index is 12.3. The van der Waals surface area contributed by atoms with E-state index in [9.17, 15) is 9.59 Å². The molecule has 210 valence electrons. The Kier molecular flexibility index (Phi) is 9.25. The maximum atomic E-state index is 12.3. The van der Waals surface area contributed by atoms with E-state index in [1.807, 2.05) is 55.5 Å². The zero-order valence-electron chi connectivity index (χ0n) is 24.1. The fourth-order valence-corrected chi connectivity index (χ4v) is 4.53. The smallest absolute Gasteiger partial charge is 0.428 e. The third kappa shape index (κ3) is 7.50. The van der Waals surface area contributed by atoms with Crippen molar-refractivity contribution in [3.05, 3.63) is 78.1 Å². The van der Waals surface area contributed by atoms with E-state index in [-0.39, 0.29) is 5.91 Å². The highest BCUT2D eigenvalue weighted by Crippen LogP contribution is 2.31.